The number of rotatable bonds is 3. The van der Waals surface area contributed by atoms with Gasteiger partial charge in [-0.1, -0.05) is 38.2 Å². The average Bonchev–Trinajstić information content (AvgIpc) is 2.16. The molecule has 1 N–H and O–H groups in total. The molecule has 1 unspecified atom stereocenters. The van der Waals surface area contributed by atoms with E-state index in [9.17, 15) is 9.90 Å². The van der Waals surface area contributed by atoms with Crippen LogP contribution >= 0.6 is 0 Å². The first-order valence-corrected chi connectivity index (χ1v) is 5.42. The molecular formula is C13H20O2. The van der Waals surface area contributed by atoms with Crippen LogP contribution in [-0.2, 0) is 4.79 Å². The van der Waals surface area contributed by atoms with Crippen molar-refractivity contribution in [1.82, 2.24) is 0 Å². The molecule has 0 bridgehead atoms. The third kappa shape index (κ3) is 2.20. The first-order chi connectivity index (χ1) is 6.81. The molecule has 1 rings (SSSR count). The van der Waals surface area contributed by atoms with E-state index in [1.165, 1.54) is 0 Å². The van der Waals surface area contributed by atoms with Crippen molar-refractivity contribution in [2.24, 2.45) is 11.3 Å². The van der Waals surface area contributed by atoms with Crippen LogP contribution in [0.1, 0.15) is 34.1 Å². The van der Waals surface area contributed by atoms with Crippen LogP contribution in [-0.4, -0.2) is 16.5 Å². The highest BCUT2D eigenvalue weighted by molar-refractivity contribution is 5.93. The third-order valence-electron chi connectivity index (χ3n) is 3.11. The summed E-state index contributed by atoms with van der Waals surface area (Å²) in [4.78, 5) is 12.2. The molecule has 0 aromatic rings. The van der Waals surface area contributed by atoms with Crippen LogP contribution in [0.3, 0.4) is 0 Å². The van der Waals surface area contributed by atoms with Crippen LogP contribution in [0.15, 0.2) is 24.3 Å². The van der Waals surface area contributed by atoms with Gasteiger partial charge in [-0.05, 0) is 26.2 Å². The van der Waals surface area contributed by atoms with Gasteiger partial charge in [0.1, 0.15) is 5.60 Å². The zero-order valence-electron chi connectivity index (χ0n) is 9.95. The minimum atomic E-state index is -1.26. The van der Waals surface area contributed by atoms with Crippen LogP contribution in [0.4, 0.5) is 0 Å². The highest BCUT2D eigenvalue weighted by Gasteiger charge is 2.44. The van der Waals surface area contributed by atoms with Crippen molar-refractivity contribution < 1.29 is 9.90 Å². The van der Waals surface area contributed by atoms with Gasteiger partial charge in [-0.3, -0.25) is 4.79 Å². The van der Waals surface area contributed by atoms with Gasteiger partial charge in [0.05, 0.1) is 5.41 Å². The molecule has 0 amide bonds. The molecule has 0 heterocycles. The molecule has 0 saturated heterocycles. The Morgan fingerprint density at radius 3 is 2.33 bits per heavy atom. The molecule has 0 saturated carbocycles. The smallest absolute Gasteiger partial charge is 0.174 e. The number of carbonyl (C=O) groups excluding carboxylic acids is 1. The number of aliphatic hydroxyl groups is 1. The normalized spacial score (nSPS) is 26.0. The van der Waals surface area contributed by atoms with Crippen molar-refractivity contribution in [2.45, 2.75) is 39.7 Å². The molecule has 0 fully saturated rings. The molecule has 1 aliphatic carbocycles. The lowest BCUT2D eigenvalue weighted by atomic mass is 9.66. The maximum absolute atomic E-state index is 12.2. The minimum Gasteiger partial charge on any atom is -0.383 e. The summed E-state index contributed by atoms with van der Waals surface area (Å²) in [7, 11) is 0. The second-order valence-electron chi connectivity index (χ2n) is 5.07. The molecule has 0 spiro atoms. The zero-order chi connectivity index (χ0) is 11.7. The second kappa shape index (κ2) is 3.93. The van der Waals surface area contributed by atoms with E-state index in [-0.39, 0.29) is 11.7 Å². The Labute approximate surface area is 91.7 Å². The summed E-state index contributed by atoms with van der Waals surface area (Å²) < 4.78 is 0. The number of Topliss-reactive ketones (excluding diaryl/α,β-unsaturated/α-hetero) is 1. The van der Waals surface area contributed by atoms with Gasteiger partial charge in [-0.2, -0.15) is 0 Å². The summed E-state index contributed by atoms with van der Waals surface area (Å²) in [5.74, 6) is 0.100. The zero-order valence-corrected chi connectivity index (χ0v) is 9.95. The van der Waals surface area contributed by atoms with Gasteiger partial charge in [0.15, 0.2) is 5.78 Å². The van der Waals surface area contributed by atoms with Crippen LogP contribution in [0.2, 0.25) is 0 Å². The van der Waals surface area contributed by atoms with Gasteiger partial charge in [-0.15, -0.1) is 0 Å². The molecular weight excluding hydrogens is 188 g/mol. The lowest BCUT2D eigenvalue weighted by Crippen LogP contribution is -2.47. The fraction of sp³-hybridized carbons (Fsp3) is 0.615. The number of allylic oxidation sites excluding steroid dienone is 4. The fourth-order valence-corrected chi connectivity index (χ4v) is 2.07. The molecule has 0 aromatic heterocycles. The highest BCUT2D eigenvalue weighted by Crippen LogP contribution is 2.39. The van der Waals surface area contributed by atoms with E-state index in [4.69, 9.17) is 0 Å². The summed E-state index contributed by atoms with van der Waals surface area (Å²) in [5.41, 5.74) is -1.80. The summed E-state index contributed by atoms with van der Waals surface area (Å²) in [6.45, 7) is 7.16. The first-order valence-electron chi connectivity index (χ1n) is 5.42. The van der Waals surface area contributed by atoms with E-state index in [0.717, 1.165) is 0 Å². The summed E-state index contributed by atoms with van der Waals surface area (Å²) >= 11 is 0. The molecule has 1 aliphatic rings. The molecule has 84 valence electrons. The molecule has 1 atom stereocenters. The van der Waals surface area contributed by atoms with Gasteiger partial charge in [0.2, 0.25) is 0 Å². The Balaban J connectivity index is 3.09. The molecule has 0 aliphatic heterocycles. The number of hydrogen-bond acceptors (Lipinski definition) is 2. The van der Waals surface area contributed by atoms with Gasteiger partial charge < -0.3 is 5.11 Å². The SMILES string of the molecule is CC(C)C1(C(=O)C(C)(C)O)C=CC=CC1. The van der Waals surface area contributed by atoms with Crippen molar-refractivity contribution in [3.63, 3.8) is 0 Å². The largest absolute Gasteiger partial charge is 0.383 e. The van der Waals surface area contributed by atoms with E-state index in [1.807, 2.05) is 38.2 Å². The number of ketones is 1. The van der Waals surface area contributed by atoms with Gasteiger partial charge >= 0.3 is 0 Å². The van der Waals surface area contributed by atoms with Crippen molar-refractivity contribution >= 4 is 5.78 Å². The average molecular weight is 208 g/mol. The van der Waals surface area contributed by atoms with Crippen LogP contribution < -0.4 is 0 Å². The van der Waals surface area contributed by atoms with Crippen LogP contribution in [0, 0.1) is 11.3 Å². The van der Waals surface area contributed by atoms with E-state index in [1.54, 1.807) is 13.8 Å². The first kappa shape index (κ1) is 12.2. The molecule has 15 heavy (non-hydrogen) atoms. The Kier molecular flexibility index (Phi) is 3.19. The van der Waals surface area contributed by atoms with E-state index < -0.39 is 11.0 Å². The third-order valence-corrected chi connectivity index (χ3v) is 3.11. The molecule has 2 nitrogen and oxygen atoms in total. The quantitative estimate of drug-likeness (QED) is 0.773. The maximum Gasteiger partial charge on any atom is 0.174 e. The number of carbonyl (C=O) groups is 1. The summed E-state index contributed by atoms with van der Waals surface area (Å²) in [6.07, 6.45) is 8.44. The van der Waals surface area contributed by atoms with E-state index in [0.29, 0.717) is 6.42 Å². The van der Waals surface area contributed by atoms with E-state index >= 15 is 0 Å². The summed E-state index contributed by atoms with van der Waals surface area (Å²) in [5, 5.41) is 9.84. The van der Waals surface area contributed by atoms with E-state index in [2.05, 4.69) is 0 Å². The fourth-order valence-electron chi connectivity index (χ4n) is 2.07. The van der Waals surface area contributed by atoms with Gasteiger partial charge in [-0.25, -0.2) is 0 Å². The van der Waals surface area contributed by atoms with Crippen LogP contribution in [0.25, 0.3) is 0 Å². The Bertz CT molecular complexity index is 305. The van der Waals surface area contributed by atoms with Crippen LogP contribution in [0.5, 0.6) is 0 Å². The monoisotopic (exact) mass is 208 g/mol. The second-order valence-corrected chi connectivity index (χ2v) is 5.07. The topological polar surface area (TPSA) is 37.3 Å². The van der Waals surface area contributed by atoms with Crippen molar-refractivity contribution in [2.75, 3.05) is 0 Å². The summed E-state index contributed by atoms with van der Waals surface area (Å²) in [6, 6.07) is 0. The van der Waals surface area contributed by atoms with Crippen molar-refractivity contribution in [1.29, 1.82) is 0 Å². The predicted octanol–water partition coefficient (Wildman–Crippen LogP) is 2.48. The Morgan fingerprint density at radius 2 is 2.00 bits per heavy atom. The maximum atomic E-state index is 12.2. The molecule has 0 aromatic carbocycles. The Morgan fingerprint density at radius 1 is 1.40 bits per heavy atom. The standard InChI is InChI=1S/C13H20O2/c1-10(2)13(8-6-5-7-9-13)11(14)12(3,4)15/h5-8,10,15H,9H2,1-4H3. The molecule has 0 radical (unpaired) electrons. The highest BCUT2D eigenvalue weighted by atomic mass is 16.3. The Hall–Kier alpha value is -0.890. The predicted molar refractivity (Wildman–Crippen MR) is 61.5 cm³/mol. The minimum absolute atomic E-state index is 0.0920. The number of hydrogen-bond donors (Lipinski definition) is 1. The van der Waals surface area contributed by atoms with Gasteiger partial charge in [0, 0.05) is 0 Å². The van der Waals surface area contributed by atoms with Gasteiger partial charge in [0.25, 0.3) is 0 Å². The lowest BCUT2D eigenvalue weighted by molar-refractivity contribution is -0.144. The van der Waals surface area contributed by atoms with Crippen molar-refractivity contribution in [3.05, 3.63) is 24.3 Å². The van der Waals surface area contributed by atoms with Crippen molar-refractivity contribution in [3.8, 4) is 0 Å². The lowest BCUT2D eigenvalue weighted by Gasteiger charge is -2.37. The molecule has 2 heteroatoms.